The number of carbonyl (C=O) groups is 1. The molecule has 0 aromatic carbocycles. The Labute approximate surface area is 157 Å². The van der Waals surface area contributed by atoms with Gasteiger partial charge in [0.25, 0.3) is 0 Å². The van der Waals surface area contributed by atoms with E-state index in [2.05, 4.69) is 6.58 Å². The molecule has 0 heterocycles. The third-order valence-electron chi connectivity index (χ3n) is 3.62. The van der Waals surface area contributed by atoms with E-state index in [0.29, 0.717) is 0 Å². The predicted octanol–water partition coefficient (Wildman–Crippen LogP) is 5.58. The molecule has 0 aliphatic carbocycles. The first-order valence-electron chi connectivity index (χ1n) is 7.95. The van der Waals surface area contributed by atoms with Crippen LogP contribution < -0.4 is 0 Å². The smallest absolute Gasteiger partial charge is 0.460 e. The molecule has 0 fully saturated rings. The van der Waals surface area contributed by atoms with Crippen molar-refractivity contribution in [2.24, 2.45) is 0 Å². The third-order valence-corrected chi connectivity index (χ3v) is 6.17. The number of hydrogen-bond donors (Lipinski definition) is 0. The first kappa shape index (κ1) is 26.8. The number of rotatable bonds is 11. The average Bonchev–Trinajstić information content (AvgIpc) is 2.49. The summed E-state index contributed by atoms with van der Waals surface area (Å²) in [6, 6.07) is 0.233. The molecule has 0 spiro atoms. The highest BCUT2D eigenvalue weighted by molar-refractivity contribution is 6.71. The van der Waals surface area contributed by atoms with Crippen LogP contribution in [0.25, 0.3) is 0 Å². The first-order chi connectivity index (χ1) is 12.3. The van der Waals surface area contributed by atoms with Crippen molar-refractivity contribution in [2.45, 2.75) is 62.8 Å². The van der Waals surface area contributed by atoms with Gasteiger partial charge in [0.2, 0.25) is 0 Å². The highest BCUT2D eigenvalue weighted by Gasteiger charge is 2.81. The van der Waals surface area contributed by atoms with Gasteiger partial charge in [-0.15, -0.1) is 0 Å². The fraction of sp³-hybridized carbons (Fsp3) is 0.800. The van der Waals surface area contributed by atoms with Crippen LogP contribution in [0, 0.1) is 0 Å². The molecule has 0 aromatic heterocycles. The van der Waals surface area contributed by atoms with Gasteiger partial charge in [-0.3, -0.25) is 0 Å². The van der Waals surface area contributed by atoms with Crippen LogP contribution in [0.3, 0.4) is 0 Å². The van der Waals surface area contributed by atoms with Crippen LogP contribution in [0.2, 0.25) is 19.1 Å². The van der Waals surface area contributed by atoms with Crippen LogP contribution in [0.15, 0.2) is 12.2 Å². The molecule has 166 valence electrons. The molecule has 28 heavy (non-hydrogen) atoms. The molecular formula is C15H21F9O3Si. The molecule has 0 amide bonds. The summed E-state index contributed by atoms with van der Waals surface area (Å²) < 4.78 is 125. The van der Waals surface area contributed by atoms with Crippen LogP contribution in [-0.2, 0) is 14.0 Å². The number of esters is 1. The quantitative estimate of drug-likeness (QED) is 0.136. The van der Waals surface area contributed by atoms with Crippen LogP contribution in [-0.4, -0.2) is 51.4 Å². The minimum Gasteiger partial charge on any atom is -0.462 e. The zero-order chi connectivity index (χ0) is 22.6. The molecule has 0 bridgehead atoms. The highest BCUT2D eigenvalue weighted by atomic mass is 28.4. The lowest BCUT2D eigenvalue weighted by Crippen LogP contribution is -2.61. The molecule has 0 N–H and O–H groups in total. The Hall–Kier alpha value is -1.24. The Kier molecular flexibility index (Phi) is 8.65. The number of alkyl halides is 9. The van der Waals surface area contributed by atoms with E-state index < -0.39 is 51.3 Å². The van der Waals surface area contributed by atoms with E-state index in [9.17, 15) is 44.3 Å². The van der Waals surface area contributed by atoms with E-state index >= 15 is 0 Å². The summed E-state index contributed by atoms with van der Waals surface area (Å²) in [7, 11) is -2.75. The van der Waals surface area contributed by atoms with Gasteiger partial charge in [-0.25, -0.2) is 4.79 Å². The molecular weight excluding hydrogens is 427 g/mol. The molecule has 3 nitrogen and oxygen atoms in total. The van der Waals surface area contributed by atoms with Crippen LogP contribution in [0.1, 0.15) is 19.8 Å². The largest absolute Gasteiger partial charge is 0.462 e. The molecule has 0 saturated heterocycles. The molecule has 0 aliphatic heterocycles. The van der Waals surface area contributed by atoms with Gasteiger partial charge in [-0.1, -0.05) is 6.58 Å². The Morgan fingerprint density at radius 3 is 1.86 bits per heavy atom. The summed E-state index contributed by atoms with van der Waals surface area (Å²) in [5, 5.41) is 0. The van der Waals surface area contributed by atoms with Crippen LogP contribution >= 0.6 is 0 Å². The second-order valence-corrected chi connectivity index (χ2v) is 11.0. The van der Waals surface area contributed by atoms with E-state index in [4.69, 9.17) is 9.16 Å². The predicted molar refractivity (Wildman–Crippen MR) is 84.1 cm³/mol. The van der Waals surface area contributed by atoms with Crippen molar-refractivity contribution >= 4 is 14.3 Å². The van der Waals surface area contributed by atoms with Crippen molar-refractivity contribution in [3.8, 4) is 0 Å². The number of hydrogen-bond acceptors (Lipinski definition) is 3. The minimum atomic E-state index is -6.90. The lowest BCUT2D eigenvalue weighted by Gasteiger charge is -2.34. The number of halogens is 9. The standard InChI is InChI=1S/C15H21F9O3Si/c1-10(2)11(25)26-7-5-9-28(3,4)27-8-6-12(16,17)13(18,19)14(20,21)15(22,23)24/h1,5-9H2,2-4H3. The van der Waals surface area contributed by atoms with E-state index in [1.807, 2.05) is 0 Å². The Morgan fingerprint density at radius 2 is 1.43 bits per heavy atom. The van der Waals surface area contributed by atoms with Gasteiger partial charge in [-0.2, -0.15) is 39.5 Å². The van der Waals surface area contributed by atoms with Gasteiger partial charge in [0.05, 0.1) is 6.61 Å². The second-order valence-electron chi connectivity index (χ2n) is 6.73. The van der Waals surface area contributed by atoms with Gasteiger partial charge in [0, 0.05) is 18.6 Å². The molecule has 0 aromatic rings. The normalized spacial score (nSPS) is 14.1. The van der Waals surface area contributed by atoms with Crippen LogP contribution in [0.5, 0.6) is 0 Å². The van der Waals surface area contributed by atoms with Crippen molar-refractivity contribution < 1.29 is 53.5 Å². The van der Waals surface area contributed by atoms with Gasteiger partial charge >= 0.3 is 29.9 Å². The summed E-state index contributed by atoms with van der Waals surface area (Å²) in [6.07, 6.45) is -8.61. The lowest BCUT2D eigenvalue weighted by atomic mass is 10.0. The van der Waals surface area contributed by atoms with E-state index in [1.165, 1.54) is 20.0 Å². The van der Waals surface area contributed by atoms with E-state index in [1.54, 1.807) is 0 Å². The fourth-order valence-electron chi connectivity index (χ4n) is 1.88. The zero-order valence-corrected chi connectivity index (χ0v) is 16.4. The average molecular weight is 448 g/mol. The summed E-state index contributed by atoms with van der Waals surface area (Å²) in [4.78, 5) is 11.2. The Balaban J connectivity index is 4.70. The maximum Gasteiger partial charge on any atom is 0.460 e. The van der Waals surface area contributed by atoms with Crippen molar-refractivity contribution in [1.29, 1.82) is 0 Å². The monoisotopic (exact) mass is 448 g/mol. The summed E-state index contributed by atoms with van der Waals surface area (Å²) in [5.41, 5.74) is 0.159. The molecule has 0 atom stereocenters. The first-order valence-corrected chi connectivity index (χ1v) is 11.1. The summed E-state index contributed by atoms with van der Waals surface area (Å²) in [5.74, 6) is -19.8. The molecule has 0 rings (SSSR count). The van der Waals surface area contributed by atoms with Gasteiger partial charge in [0.15, 0.2) is 8.32 Å². The summed E-state index contributed by atoms with van der Waals surface area (Å²) in [6.45, 7) is 6.58. The highest BCUT2D eigenvalue weighted by Crippen LogP contribution is 2.54. The summed E-state index contributed by atoms with van der Waals surface area (Å²) >= 11 is 0. The third kappa shape index (κ3) is 6.67. The Bertz CT molecular complexity index is 559. The molecule has 0 saturated carbocycles. The Morgan fingerprint density at radius 1 is 0.929 bits per heavy atom. The lowest BCUT2D eigenvalue weighted by molar-refractivity contribution is -0.397. The van der Waals surface area contributed by atoms with E-state index in [0.717, 1.165) is 0 Å². The van der Waals surface area contributed by atoms with E-state index in [-0.39, 0.29) is 24.6 Å². The zero-order valence-electron chi connectivity index (χ0n) is 15.4. The topological polar surface area (TPSA) is 35.5 Å². The minimum absolute atomic E-state index is 0.0441. The molecule has 0 aliphatic rings. The molecule has 0 unspecified atom stereocenters. The maximum absolute atomic E-state index is 13.4. The van der Waals surface area contributed by atoms with Gasteiger partial charge in [0.1, 0.15) is 0 Å². The number of carbonyl (C=O) groups excluding carboxylic acids is 1. The van der Waals surface area contributed by atoms with Crippen LogP contribution in [0.4, 0.5) is 39.5 Å². The van der Waals surface area contributed by atoms with Crippen molar-refractivity contribution in [2.75, 3.05) is 13.2 Å². The van der Waals surface area contributed by atoms with Crippen molar-refractivity contribution in [3.63, 3.8) is 0 Å². The molecule has 0 radical (unpaired) electrons. The van der Waals surface area contributed by atoms with Crippen molar-refractivity contribution in [3.05, 3.63) is 12.2 Å². The number of ether oxygens (including phenoxy) is 1. The van der Waals surface area contributed by atoms with Crippen molar-refractivity contribution in [1.82, 2.24) is 0 Å². The fourth-order valence-corrected chi connectivity index (χ4v) is 3.67. The maximum atomic E-state index is 13.4. The second kappa shape index (κ2) is 9.05. The van der Waals surface area contributed by atoms with Gasteiger partial charge < -0.3 is 9.16 Å². The SMILES string of the molecule is C=C(C)C(=O)OCCC[Si](C)(C)OCCC(F)(F)C(F)(F)C(F)(F)C(F)(F)F. The molecule has 13 heteroatoms. The van der Waals surface area contributed by atoms with Gasteiger partial charge in [-0.05, 0) is 32.5 Å².